The van der Waals surface area contributed by atoms with Gasteiger partial charge in [0.05, 0.1) is 5.56 Å². The Morgan fingerprint density at radius 1 is 1.24 bits per heavy atom. The number of hydrogen-bond acceptors (Lipinski definition) is 2. The smallest absolute Gasteiger partial charge is 0.351 e. The Labute approximate surface area is 92.4 Å². The maximum absolute atomic E-state index is 12.8. The molecule has 0 fully saturated rings. The van der Waals surface area contributed by atoms with Gasteiger partial charge in [-0.05, 0) is 18.2 Å². The predicted molar refractivity (Wildman–Crippen MR) is 48.5 cm³/mol. The van der Waals surface area contributed by atoms with E-state index in [1.54, 1.807) is 5.32 Å². The van der Waals surface area contributed by atoms with E-state index < -0.39 is 35.1 Å². The molecule has 3 amide bonds. The van der Waals surface area contributed by atoms with Crippen LogP contribution >= 0.6 is 0 Å². The highest BCUT2D eigenvalue weighted by Crippen LogP contribution is 2.31. The highest BCUT2D eigenvalue weighted by atomic mass is 19.4. The van der Waals surface area contributed by atoms with Crippen molar-refractivity contribution < 1.29 is 27.2 Å². The number of amides is 3. The van der Waals surface area contributed by atoms with E-state index in [0.29, 0.717) is 12.1 Å². The van der Waals surface area contributed by atoms with Crippen molar-refractivity contribution in [1.29, 1.82) is 0 Å². The van der Waals surface area contributed by atoms with Crippen LogP contribution in [0.15, 0.2) is 18.2 Å². The zero-order chi connectivity index (χ0) is 13.2. The molecule has 1 aromatic rings. The molecular weight excluding hydrogens is 244 g/mol. The average molecular weight is 250 g/mol. The first kappa shape index (κ1) is 12.9. The monoisotopic (exact) mass is 250 g/mol. The number of carbonyl (C=O) groups excluding carboxylic acids is 2. The fourth-order valence-corrected chi connectivity index (χ4v) is 1.07. The first-order valence-corrected chi connectivity index (χ1v) is 4.19. The molecule has 1 rings (SSSR count). The summed E-state index contributed by atoms with van der Waals surface area (Å²) in [5.41, 5.74) is 2.51. The van der Waals surface area contributed by atoms with Crippen LogP contribution in [-0.2, 0) is 6.18 Å². The molecule has 0 heterocycles. The Bertz CT molecular complexity index is 471. The summed E-state index contributed by atoms with van der Waals surface area (Å²) in [5, 5.41) is 1.57. The number of halogens is 4. The molecule has 0 atom stereocenters. The van der Waals surface area contributed by atoms with Crippen LogP contribution < -0.4 is 11.1 Å². The van der Waals surface area contributed by atoms with Gasteiger partial charge in [0.25, 0.3) is 5.91 Å². The lowest BCUT2D eigenvalue weighted by atomic mass is 10.1. The zero-order valence-corrected chi connectivity index (χ0v) is 8.14. The Balaban J connectivity index is 3.13. The molecule has 92 valence electrons. The molecule has 0 aromatic heterocycles. The van der Waals surface area contributed by atoms with Crippen molar-refractivity contribution in [3.05, 3.63) is 35.1 Å². The van der Waals surface area contributed by atoms with Crippen LogP contribution in [0.4, 0.5) is 22.4 Å². The van der Waals surface area contributed by atoms with Crippen molar-refractivity contribution in [2.75, 3.05) is 0 Å². The number of primary amides is 1. The molecule has 4 nitrogen and oxygen atoms in total. The van der Waals surface area contributed by atoms with Crippen molar-refractivity contribution in [2.24, 2.45) is 5.73 Å². The second-order valence-corrected chi connectivity index (χ2v) is 3.01. The maximum atomic E-state index is 12.8. The van der Waals surface area contributed by atoms with Crippen molar-refractivity contribution in [1.82, 2.24) is 5.32 Å². The standard InChI is InChI=1S/C9H6F4N2O2/c10-6-2-1-4(7(16)15-8(14)17)3-5(6)9(11,12)13/h1-3H,(H3,14,15,16,17). The Hall–Kier alpha value is -2.12. The minimum Gasteiger partial charge on any atom is -0.351 e. The van der Waals surface area contributed by atoms with Gasteiger partial charge < -0.3 is 5.73 Å². The first-order valence-electron chi connectivity index (χ1n) is 4.19. The molecule has 0 spiro atoms. The number of hydrogen-bond donors (Lipinski definition) is 2. The van der Waals surface area contributed by atoms with E-state index in [9.17, 15) is 27.2 Å². The average Bonchev–Trinajstić information content (AvgIpc) is 2.15. The van der Waals surface area contributed by atoms with Gasteiger partial charge in [-0.15, -0.1) is 0 Å². The van der Waals surface area contributed by atoms with Crippen LogP contribution in [0.5, 0.6) is 0 Å². The molecule has 0 aliphatic heterocycles. The minimum absolute atomic E-state index is 0.299. The molecule has 0 aliphatic carbocycles. The quantitative estimate of drug-likeness (QED) is 0.744. The highest BCUT2D eigenvalue weighted by molar-refractivity contribution is 6.03. The molecule has 0 unspecified atom stereocenters. The first-order chi connectivity index (χ1) is 7.71. The van der Waals surface area contributed by atoms with Crippen LogP contribution in [0.25, 0.3) is 0 Å². The number of alkyl halides is 3. The molecule has 17 heavy (non-hydrogen) atoms. The number of nitrogens with one attached hydrogen (secondary N) is 1. The van der Waals surface area contributed by atoms with Gasteiger partial charge in [0.1, 0.15) is 5.82 Å². The predicted octanol–water partition coefficient (Wildman–Crippen LogP) is 1.65. The van der Waals surface area contributed by atoms with Crippen molar-refractivity contribution in [3.8, 4) is 0 Å². The van der Waals surface area contributed by atoms with Gasteiger partial charge in [0.2, 0.25) is 0 Å². The van der Waals surface area contributed by atoms with E-state index in [0.717, 1.165) is 6.07 Å². The molecule has 1 aromatic carbocycles. The van der Waals surface area contributed by atoms with E-state index >= 15 is 0 Å². The number of benzene rings is 1. The summed E-state index contributed by atoms with van der Waals surface area (Å²) >= 11 is 0. The fraction of sp³-hybridized carbons (Fsp3) is 0.111. The van der Waals surface area contributed by atoms with E-state index in [1.165, 1.54) is 0 Å². The lowest BCUT2D eigenvalue weighted by Crippen LogP contribution is -2.35. The summed E-state index contributed by atoms with van der Waals surface area (Å²) in [7, 11) is 0. The van der Waals surface area contributed by atoms with Crippen molar-refractivity contribution in [2.45, 2.75) is 6.18 Å². The second kappa shape index (κ2) is 4.40. The van der Waals surface area contributed by atoms with Crippen molar-refractivity contribution >= 4 is 11.9 Å². The van der Waals surface area contributed by atoms with Crippen LogP contribution in [0.2, 0.25) is 0 Å². The van der Waals surface area contributed by atoms with Gasteiger partial charge in [-0.2, -0.15) is 13.2 Å². The third-order valence-corrected chi connectivity index (χ3v) is 1.77. The lowest BCUT2D eigenvalue weighted by molar-refractivity contribution is -0.140. The third kappa shape index (κ3) is 3.16. The van der Waals surface area contributed by atoms with Gasteiger partial charge in [-0.25, -0.2) is 9.18 Å². The Morgan fingerprint density at radius 3 is 2.29 bits per heavy atom. The molecule has 0 radical (unpaired) electrons. The minimum atomic E-state index is -4.92. The molecule has 8 heteroatoms. The van der Waals surface area contributed by atoms with E-state index in [-0.39, 0.29) is 0 Å². The maximum Gasteiger partial charge on any atom is 0.419 e. The third-order valence-electron chi connectivity index (χ3n) is 1.77. The van der Waals surface area contributed by atoms with Crippen LogP contribution in [0.3, 0.4) is 0 Å². The fourth-order valence-electron chi connectivity index (χ4n) is 1.07. The van der Waals surface area contributed by atoms with Crippen LogP contribution in [0, 0.1) is 5.82 Å². The SMILES string of the molecule is NC(=O)NC(=O)c1ccc(F)c(C(F)(F)F)c1. The Kier molecular flexibility index (Phi) is 3.35. The summed E-state index contributed by atoms with van der Waals surface area (Å²) < 4.78 is 49.7. The summed E-state index contributed by atoms with van der Waals surface area (Å²) in [6, 6.07) is 0.378. The van der Waals surface area contributed by atoms with Gasteiger partial charge >= 0.3 is 12.2 Å². The molecule has 0 aliphatic rings. The molecule has 3 N–H and O–H groups in total. The van der Waals surface area contributed by atoms with E-state index in [2.05, 4.69) is 5.73 Å². The van der Waals surface area contributed by atoms with E-state index in [1.807, 2.05) is 0 Å². The number of urea groups is 1. The number of carbonyl (C=O) groups is 2. The molecule has 0 bridgehead atoms. The van der Waals surface area contributed by atoms with Gasteiger partial charge in [0.15, 0.2) is 0 Å². The summed E-state index contributed by atoms with van der Waals surface area (Å²) in [6.45, 7) is 0. The second-order valence-electron chi connectivity index (χ2n) is 3.01. The van der Waals surface area contributed by atoms with E-state index in [4.69, 9.17) is 0 Å². The number of imide groups is 1. The lowest BCUT2D eigenvalue weighted by Gasteiger charge is -2.09. The normalized spacial score (nSPS) is 11.1. The van der Waals surface area contributed by atoms with Crippen LogP contribution in [-0.4, -0.2) is 11.9 Å². The number of nitrogens with two attached hydrogens (primary N) is 1. The summed E-state index contributed by atoms with van der Waals surface area (Å²) in [4.78, 5) is 21.5. The zero-order valence-electron chi connectivity index (χ0n) is 8.14. The summed E-state index contributed by atoms with van der Waals surface area (Å²) in [6.07, 6.45) is -4.92. The molecular formula is C9H6F4N2O2. The summed E-state index contributed by atoms with van der Waals surface area (Å²) in [5.74, 6) is -2.64. The van der Waals surface area contributed by atoms with Gasteiger partial charge in [0, 0.05) is 5.56 Å². The topological polar surface area (TPSA) is 72.2 Å². The van der Waals surface area contributed by atoms with Gasteiger partial charge in [-0.3, -0.25) is 10.1 Å². The van der Waals surface area contributed by atoms with Crippen molar-refractivity contribution in [3.63, 3.8) is 0 Å². The molecule has 0 saturated heterocycles. The molecule has 0 saturated carbocycles. The van der Waals surface area contributed by atoms with Crippen LogP contribution in [0.1, 0.15) is 15.9 Å². The van der Waals surface area contributed by atoms with Gasteiger partial charge in [-0.1, -0.05) is 0 Å². The Morgan fingerprint density at radius 2 is 1.82 bits per heavy atom. The largest absolute Gasteiger partial charge is 0.419 e. The highest BCUT2D eigenvalue weighted by Gasteiger charge is 2.34. The number of rotatable bonds is 1.